The molecule has 0 aliphatic carbocycles. The number of ether oxygens (including phenoxy) is 1. The summed E-state index contributed by atoms with van der Waals surface area (Å²) in [5, 5.41) is 16.0. The fourth-order valence-corrected chi connectivity index (χ4v) is 4.76. The predicted molar refractivity (Wildman–Crippen MR) is 177 cm³/mol. The molecule has 43 heavy (non-hydrogen) atoms. The zero-order valence-corrected chi connectivity index (χ0v) is 26.9. The Morgan fingerprint density at radius 1 is 0.837 bits per heavy atom. The van der Waals surface area contributed by atoms with E-state index in [0.29, 0.717) is 6.61 Å². The standard InChI is InChI=1S/C19H23N3O.C18H32O2/c1-21(2)13-8-14-23-19-17-11-6-7-12-18(17)22(20-19)15-16-9-4-3-5-10-16;1-2-3-4-5-6-7-8-9-10-11-12-13-14-15-16-17-18(19)20/h3-7,9-12H,8,13-15H2,1-2H3;6-7,9-10H,2-5,8,11-17H2,1H3,(H,19,20)/b;7-6-,10-9-. The van der Waals surface area contributed by atoms with Crippen molar-refractivity contribution in [2.24, 2.45) is 0 Å². The Morgan fingerprint density at radius 2 is 1.49 bits per heavy atom. The number of quaternary nitrogens is 1. The smallest absolute Gasteiger partial charge is 0.240 e. The molecule has 0 atom stereocenters. The number of hydrogen-bond donors (Lipinski definition) is 1. The minimum absolute atomic E-state index is 0.213. The van der Waals surface area contributed by atoms with Gasteiger partial charge in [-0.05, 0) is 62.6 Å². The molecule has 3 rings (SSSR count). The maximum atomic E-state index is 10.2. The molecule has 236 valence electrons. The number of carbonyl (C=O) groups is 1. The molecule has 0 unspecified atom stereocenters. The van der Waals surface area contributed by atoms with Gasteiger partial charge in [-0.2, -0.15) is 0 Å². The maximum Gasteiger partial charge on any atom is 0.240 e. The van der Waals surface area contributed by atoms with E-state index >= 15 is 0 Å². The lowest BCUT2D eigenvalue weighted by atomic mass is 10.1. The summed E-state index contributed by atoms with van der Waals surface area (Å²) in [4.78, 5) is 11.6. The molecule has 0 radical (unpaired) electrons. The van der Waals surface area contributed by atoms with Crippen LogP contribution in [0.4, 0.5) is 0 Å². The van der Waals surface area contributed by atoms with Crippen molar-refractivity contribution in [1.82, 2.24) is 9.78 Å². The van der Waals surface area contributed by atoms with Crippen molar-refractivity contribution in [1.29, 1.82) is 0 Å². The first kappa shape index (κ1) is 35.8. The molecule has 0 amide bonds. The molecule has 0 aliphatic heterocycles. The highest BCUT2D eigenvalue weighted by Gasteiger charge is 2.11. The fourth-order valence-electron chi connectivity index (χ4n) is 4.76. The molecule has 0 aliphatic rings. The number of aromatic nitrogens is 2. The second kappa shape index (κ2) is 23.1. The van der Waals surface area contributed by atoms with Crippen LogP contribution in [0.3, 0.4) is 0 Å². The van der Waals surface area contributed by atoms with E-state index < -0.39 is 5.97 Å². The van der Waals surface area contributed by atoms with Crippen molar-refractivity contribution in [2.75, 3.05) is 27.2 Å². The number of allylic oxidation sites excluding steroid dienone is 4. The van der Waals surface area contributed by atoms with Gasteiger partial charge < -0.3 is 19.5 Å². The van der Waals surface area contributed by atoms with Crippen molar-refractivity contribution in [2.45, 2.75) is 96.9 Å². The van der Waals surface area contributed by atoms with Crippen LogP contribution in [-0.4, -0.2) is 43.0 Å². The number of rotatable bonds is 21. The largest absolute Gasteiger partial charge is 0.550 e. The Kier molecular flexibility index (Phi) is 19.3. The summed E-state index contributed by atoms with van der Waals surface area (Å²) in [5.74, 6) is -0.180. The fraction of sp³-hybridized carbons (Fsp3) is 0.514. The van der Waals surface area contributed by atoms with E-state index in [1.165, 1.54) is 49.0 Å². The van der Waals surface area contributed by atoms with Crippen LogP contribution in [0.15, 0.2) is 78.9 Å². The van der Waals surface area contributed by atoms with Gasteiger partial charge in [0.15, 0.2) is 0 Å². The van der Waals surface area contributed by atoms with Gasteiger partial charge in [0.1, 0.15) is 0 Å². The summed E-state index contributed by atoms with van der Waals surface area (Å²) in [7, 11) is 4.31. The van der Waals surface area contributed by atoms with Crippen LogP contribution in [0.2, 0.25) is 0 Å². The van der Waals surface area contributed by atoms with Gasteiger partial charge in [-0.25, -0.2) is 0 Å². The van der Waals surface area contributed by atoms with Gasteiger partial charge in [0, 0.05) is 12.4 Å². The summed E-state index contributed by atoms with van der Waals surface area (Å²) in [6.07, 6.45) is 23.0. The number of carboxylic acid groups (broad SMARTS) is 1. The Morgan fingerprint density at radius 3 is 2.19 bits per heavy atom. The average molecular weight is 590 g/mol. The van der Waals surface area contributed by atoms with E-state index in [1.807, 2.05) is 22.9 Å². The molecule has 0 fully saturated rings. The van der Waals surface area contributed by atoms with Gasteiger partial charge in [-0.15, -0.1) is 5.10 Å². The lowest BCUT2D eigenvalue weighted by molar-refractivity contribution is -0.858. The molecule has 1 N–H and O–H groups in total. The second-order valence-electron chi connectivity index (χ2n) is 11.5. The van der Waals surface area contributed by atoms with Crippen LogP contribution in [0.25, 0.3) is 10.9 Å². The molecule has 3 aromatic rings. The highest BCUT2D eigenvalue weighted by atomic mass is 16.5. The van der Waals surface area contributed by atoms with Crippen LogP contribution in [0.1, 0.15) is 96.0 Å². The number of aliphatic carboxylic acids is 1. The molecule has 6 nitrogen and oxygen atoms in total. The quantitative estimate of drug-likeness (QED) is 0.113. The Labute approximate surface area is 260 Å². The number of benzene rings is 2. The molecule has 6 heteroatoms. The van der Waals surface area contributed by atoms with E-state index in [4.69, 9.17) is 4.74 Å². The number of carboxylic acids is 1. The van der Waals surface area contributed by atoms with E-state index in [9.17, 15) is 9.90 Å². The first-order valence-electron chi connectivity index (χ1n) is 16.4. The summed E-state index contributed by atoms with van der Waals surface area (Å²) in [5.41, 5.74) is 2.35. The van der Waals surface area contributed by atoms with Crippen LogP contribution >= 0.6 is 0 Å². The van der Waals surface area contributed by atoms with E-state index in [-0.39, 0.29) is 6.42 Å². The topological polar surface area (TPSA) is 71.6 Å². The third kappa shape index (κ3) is 16.7. The summed E-state index contributed by atoms with van der Waals surface area (Å²) < 4.78 is 7.97. The molecule has 0 spiro atoms. The number of fused-ring (bicyclic) bond motifs is 1. The first-order chi connectivity index (χ1) is 21.0. The third-order valence-electron chi connectivity index (χ3n) is 7.19. The van der Waals surface area contributed by atoms with Crippen molar-refractivity contribution in [3.05, 3.63) is 84.5 Å². The Bertz CT molecular complexity index is 1180. The SMILES string of the molecule is CCCCC/C=C\C/C=C\CCCCCCCC(=O)[O-].C[NH+](C)CCCOc1nn(Cc2ccccc2)c2ccccc12. The summed E-state index contributed by atoms with van der Waals surface area (Å²) >= 11 is 0. The molecule has 0 bridgehead atoms. The zero-order chi connectivity index (χ0) is 31.0. The van der Waals surface area contributed by atoms with E-state index in [2.05, 4.69) is 86.8 Å². The lowest BCUT2D eigenvalue weighted by Crippen LogP contribution is -3.05. The van der Waals surface area contributed by atoms with Gasteiger partial charge in [-0.3, -0.25) is 4.68 Å². The number of hydrogen-bond acceptors (Lipinski definition) is 4. The number of unbranched alkanes of at least 4 members (excludes halogenated alkanes) is 8. The minimum atomic E-state index is -0.921. The molecule has 2 aromatic carbocycles. The molecule has 1 heterocycles. The minimum Gasteiger partial charge on any atom is -0.550 e. The van der Waals surface area contributed by atoms with Gasteiger partial charge in [0.05, 0.1) is 44.7 Å². The Balaban J connectivity index is 0.000000304. The number of carbonyl (C=O) groups excluding carboxylic acids is 1. The van der Waals surface area contributed by atoms with Gasteiger partial charge in [-0.1, -0.05) is 106 Å². The monoisotopic (exact) mass is 589 g/mol. The number of nitrogens with one attached hydrogen (secondary N) is 1. The number of nitrogens with zero attached hydrogens (tertiary/aromatic N) is 2. The first-order valence-corrected chi connectivity index (χ1v) is 16.4. The van der Waals surface area contributed by atoms with Crippen molar-refractivity contribution < 1.29 is 19.5 Å². The zero-order valence-electron chi connectivity index (χ0n) is 26.9. The van der Waals surface area contributed by atoms with Crippen LogP contribution in [0, 0.1) is 0 Å². The molecular weight excluding hydrogens is 534 g/mol. The summed E-state index contributed by atoms with van der Waals surface area (Å²) in [6.45, 7) is 4.79. The maximum absolute atomic E-state index is 10.2. The van der Waals surface area contributed by atoms with E-state index in [1.54, 1.807) is 0 Å². The highest BCUT2D eigenvalue weighted by Crippen LogP contribution is 2.25. The molecule has 0 saturated heterocycles. The van der Waals surface area contributed by atoms with Gasteiger partial charge in [0.2, 0.25) is 5.88 Å². The Hall–Kier alpha value is -3.38. The summed E-state index contributed by atoms with van der Waals surface area (Å²) in [6, 6.07) is 18.7. The van der Waals surface area contributed by atoms with Crippen molar-refractivity contribution in [3.63, 3.8) is 0 Å². The second-order valence-corrected chi connectivity index (χ2v) is 11.5. The average Bonchev–Trinajstić information content (AvgIpc) is 3.35. The van der Waals surface area contributed by atoms with Crippen molar-refractivity contribution >= 4 is 16.9 Å². The van der Waals surface area contributed by atoms with Gasteiger partial charge >= 0.3 is 0 Å². The van der Waals surface area contributed by atoms with Crippen LogP contribution in [-0.2, 0) is 11.3 Å². The predicted octanol–water partition coefficient (Wildman–Crippen LogP) is 6.55. The number of para-hydroxylation sites is 1. The lowest BCUT2D eigenvalue weighted by Gasteiger charge is -2.07. The van der Waals surface area contributed by atoms with Crippen LogP contribution < -0.4 is 14.7 Å². The highest BCUT2D eigenvalue weighted by molar-refractivity contribution is 5.84. The molecular formula is C37H55N3O3. The normalized spacial score (nSPS) is 11.4. The van der Waals surface area contributed by atoms with E-state index in [0.717, 1.165) is 68.4 Å². The molecule has 1 aromatic heterocycles. The third-order valence-corrected chi connectivity index (χ3v) is 7.19. The van der Waals surface area contributed by atoms with Crippen LogP contribution in [0.5, 0.6) is 5.88 Å². The molecule has 0 saturated carbocycles. The van der Waals surface area contributed by atoms with Gasteiger partial charge in [0.25, 0.3) is 0 Å². The van der Waals surface area contributed by atoms with Crippen molar-refractivity contribution in [3.8, 4) is 5.88 Å².